The second kappa shape index (κ2) is 6.87. The Labute approximate surface area is 138 Å². The molecule has 0 radical (unpaired) electrons. The highest BCUT2D eigenvalue weighted by Crippen LogP contribution is 2.36. The molecule has 1 aromatic heterocycles. The van der Waals surface area contributed by atoms with Gasteiger partial charge >= 0.3 is 5.63 Å². The molecule has 1 fully saturated rings. The summed E-state index contributed by atoms with van der Waals surface area (Å²) in [4.78, 5) is 13.6. The number of phenols is 1. The first kappa shape index (κ1) is 17.1. The number of rotatable bonds is 2. The zero-order valence-electron chi connectivity index (χ0n) is 12.1. The molecule has 22 heavy (non-hydrogen) atoms. The molecular formula is C15H17Cl2NO4. The van der Waals surface area contributed by atoms with E-state index < -0.39 is 5.63 Å². The van der Waals surface area contributed by atoms with Crippen LogP contribution in [-0.2, 0) is 11.3 Å². The molecule has 2 heterocycles. The van der Waals surface area contributed by atoms with Gasteiger partial charge in [0.25, 0.3) is 0 Å². The van der Waals surface area contributed by atoms with E-state index in [1.807, 2.05) is 13.0 Å². The first-order valence-corrected chi connectivity index (χ1v) is 7.19. The van der Waals surface area contributed by atoms with E-state index in [1.165, 1.54) is 6.07 Å². The van der Waals surface area contributed by atoms with Crippen molar-refractivity contribution in [2.75, 3.05) is 26.3 Å². The van der Waals surface area contributed by atoms with Gasteiger partial charge in [0, 0.05) is 36.7 Å². The van der Waals surface area contributed by atoms with E-state index in [4.69, 9.17) is 20.8 Å². The molecular weight excluding hydrogens is 329 g/mol. The first-order chi connectivity index (χ1) is 10.1. The lowest BCUT2D eigenvalue weighted by Crippen LogP contribution is -2.35. The van der Waals surface area contributed by atoms with Crippen LogP contribution in [0.15, 0.2) is 21.3 Å². The third-order valence-corrected chi connectivity index (χ3v) is 4.08. The van der Waals surface area contributed by atoms with Crippen molar-refractivity contribution in [1.29, 1.82) is 0 Å². The average molecular weight is 346 g/mol. The van der Waals surface area contributed by atoms with E-state index in [9.17, 15) is 9.90 Å². The zero-order valence-corrected chi connectivity index (χ0v) is 13.7. The van der Waals surface area contributed by atoms with Crippen molar-refractivity contribution < 1.29 is 14.3 Å². The minimum atomic E-state index is -0.470. The Balaban J connectivity index is 0.00000176. The number of ether oxygens (including phenoxy) is 1. The molecule has 0 saturated carbocycles. The Morgan fingerprint density at radius 2 is 2.00 bits per heavy atom. The van der Waals surface area contributed by atoms with Gasteiger partial charge in [0.2, 0.25) is 0 Å². The van der Waals surface area contributed by atoms with Crippen molar-refractivity contribution in [1.82, 2.24) is 4.90 Å². The van der Waals surface area contributed by atoms with Crippen molar-refractivity contribution in [2.24, 2.45) is 0 Å². The third kappa shape index (κ3) is 3.22. The average Bonchev–Trinajstić information content (AvgIpc) is 2.47. The molecule has 1 aliphatic heterocycles. The Hall–Kier alpha value is -1.27. The summed E-state index contributed by atoms with van der Waals surface area (Å²) in [6, 6.07) is 3.26. The monoisotopic (exact) mass is 345 g/mol. The van der Waals surface area contributed by atoms with E-state index in [-0.39, 0.29) is 28.8 Å². The number of hydrogen-bond donors (Lipinski definition) is 1. The molecule has 120 valence electrons. The number of fused-ring (bicyclic) bond motifs is 1. The number of aryl methyl sites for hydroxylation is 1. The van der Waals surface area contributed by atoms with Gasteiger partial charge in [0.05, 0.1) is 13.2 Å². The lowest BCUT2D eigenvalue weighted by atomic mass is 10.1. The summed E-state index contributed by atoms with van der Waals surface area (Å²) >= 11 is 6.17. The highest BCUT2D eigenvalue weighted by molar-refractivity contribution is 6.36. The van der Waals surface area contributed by atoms with Gasteiger partial charge in [-0.1, -0.05) is 11.6 Å². The second-order valence-corrected chi connectivity index (χ2v) is 5.59. The molecule has 2 aromatic rings. The molecule has 0 aliphatic carbocycles. The number of phenolic OH excluding ortho intramolecular Hbond substituents is 1. The smallest absolute Gasteiger partial charge is 0.336 e. The van der Waals surface area contributed by atoms with Crippen LogP contribution < -0.4 is 5.63 Å². The van der Waals surface area contributed by atoms with Crippen LogP contribution in [0.25, 0.3) is 11.0 Å². The van der Waals surface area contributed by atoms with Crippen LogP contribution in [0.5, 0.6) is 5.75 Å². The van der Waals surface area contributed by atoms with E-state index in [1.54, 1.807) is 0 Å². The Kier molecular flexibility index (Phi) is 5.34. The minimum Gasteiger partial charge on any atom is -0.506 e. The molecule has 0 amide bonds. The van der Waals surface area contributed by atoms with Crippen LogP contribution in [0, 0.1) is 6.92 Å². The summed E-state index contributed by atoms with van der Waals surface area (Å²) in [5, 5.41) is 11.1. The van der Waals surface area contributed by atoms with E-state index in [0.717, 1.165) is 29.6 Å². The second-order valence-electron chi connectivity index (χ2n) is 5.21. The fraction of sp³-hybridized carbons (Fsp3) is 0.400. The number of aromatic hydroxyl groups is 1. The van der Waals surface area contributed by atoms with Gasteiger partial charge < -0.3 is 14.3 Å². The molecule has 0 bridgehead atoms. The molecule has 1 aromatic carbocycles. The summed E-state index contributed by atoms with van der Waals surface area (Å²) in [6.07, 6.45) is 0. The standard InChI is InChI=1S/C15H16ClNO4.ClH/c1-9-6-12(18)21-15-11(9)7-10(14(19)13(15)16)8-17-2-4-20-5-3-17;/h6-7,19H,2-5,8H2,1H3;1H. The summed E-state index contributed by atoms with van der Waals surface area (Å²) < 4.78 is 10.4. The van der Waals surface area contributed by atoms with Crippen molar-refractivity contribution >= 4 is 35.0 Å². The van der Waals surface area contributed by atoms with Gasteiger partial charge in [0.15, 0.2) is 5.58 Å². The number of hydrogen-bond acceptors (Lipinski definition) is 5. The topological polar surface area (TPSA) is 62.9 Å². The number of morpholine rings is 1. The van der Waals surface area contributed by atoms with Gasteiger partial charge in [-0.05, 0) is 18.6 Å². The van der Waals surface area contributed by atoms with Crippen LogP contribution in [-0.4, -0.2) is 36.3 Å². The Bertz CT molecular complexity index is 738. The van der Waals surface area contributed by atoms with Gasteiger partial charge in [-0.2, -0.15) is 0 Å². The molecule has 1 N–H and O–H groups in total. The third-order valence-electron chi connectivity index (χ3n) is 3.73. The zero-order chi connectivity index (χ0) is 15.0. The minimum absolute atomic E-state index is 0. The molecule has 3 rings (SSSR count). The lowest BCUT2D eigenvalue weighted by molar-refractivity contribution is 0.0339. The first-order valence-electron chi connectivity index (χ1n) is 6.81. The maximum Gasteiger partial charge on any atom is 0.336 e. The van der Waals surface area contributed by atoms with Crippen LogP contribution >= 0.6 is 24.0 Å². The maximum atomic E-state index is 11.4. The predicted molar refractivity (Wildman–Crippen MR) is 87.2 cm³/mol. The van der Waals surface area contributed by atoms with Crippen LogP contribution in [0.2, 0.25) is 5.02 Å². The van der Waals surface area contributed by atoms with Crippen molar-refractivity contribution in [3.63, 3.8) is 0 Å². The maximum absolute atomic E-state index is 11.4. The fourth-order valence-electron chi connectivity index (χ4n) is 2.57. The summed E-state index contributed by atoms with van der Waals surface area (Å²) in [5.41, 5.74) is 1.28. The van der Waals surface area contributed by atoms with Crippen LogP contribution in [0.4, 0.5) is 0 Å². The van der Waals surface area contributed by atoms with Gasteiger partial charge in [-0.25, -0.2) is 4.79 Å². The van der Waals surface area contributed by atoms with Crippen molar-refractivity contribution in [2.45, 2.75) is 13.5 Å². The highest BCUT2D eigenvalue weighted by atomic mass is 35.5. The van der Waals surface area contributed by atoms with Crippen molar-refractivity contribution in [3.8, 4) is 5.75 Å². The molecule has 7 heteroatoms. The normalized spacial score (nSPS) is 15.7. The summed E-state index contributed by atoms with van der Waals surface area (Å²) in [7, 11) is 0. The van der Waals surface area contributed by atoms with E-state index >= 15 is 0 Å². The number of nitrogens with zero attached hydrogens (tertiary/aromatic N) is 1. The number of halogens is 2. The van der Waals surface area contributed by atoms with E-state index in [2.05, 4.69) is 4.90 Å². The molecule has 5 nitrogen and oxygen atoms in total. The fourth-order valence-corrected chi connectivity index (χ4v) is 2.83. The molecule has 0 unspecified atom stereocenters. The summed E-state index contributed by atoms with van der Waals surface area (Å²) in [5.74, 6) is -0.0237. The lowest BCUT2D eigenvalue weighted by Gasteiger charge is -2.27. The van der Waals surface area contributed by atoms with E-state index in [0.29, 0.717) is 19.8 Å². The molecule has 0 spiro atoms. The highest BCUT2D eigenvalue weighted by Gasteiger charge is 2.18. The van der Waals surface area contributed by atoms with Gasteiger partial charge in [-0.3, -0.25) is 4.90 Å². The number of benzene rings is 1. The Morgan fingerprint density at radius 1 is 1.32 bits per heavy atom. The molecule has 1 saturated heterocycles. The summed E-state index contributed by atoms with van der Waals surface area (Å²) in [6.45, 7) is 5.43. The molecule has 0 atom stereocenters. The molecule has 1 aliphatic rings. The predicted octanol–water partition coefficient (Wildman–Crippen LogP) is 2.71. The van der Waals surface area contributed by atoms with Gasteiger partial charge in [-0.15, -0.1) is 12.4 Å². The SMILES string of the molecule is Cc1cc(=O)oc2c(Cl)c(O)c(CN3CCOCC3)cc12.Cl. The Morgan fingerprint density at radius 3 is 2.68 bits per heavy atom. The van der Waals surface area contributed by atoms with Crippen LogP contribution in [0.1, 0.15) is 11.1 Å². The van der Waals surface area contributed by atoms with Crippen LogP contribution in [0.3, 0.4) is 0 Å². The quantitative estimate of drug-likeness (QED) is 0.848. The van der Waals surface area contributed by atoms with Gasteiger partial charge in [0.1, 0.15) is 10.8 Å². The largest absolute Gasteiger partial charge is 0.506 e. The van der Waals surface area contributed by atoms with Crippen molar-refractivity contribution in [3.05, 3.63) is 38.7 Å².